The van der Waals surface area contributed by atoms with Crippen LogP contribution in [0.1, 0.15) is 26.3 Å². The highest BCUT2D eigenvalue weighted by molar-refractivity contribution is 7.96. The molecule has 0 spiro atoms. The molecule has 0 aliphatic rings. The van der Waals surface area contributed by atoms with Crippen molar-refractivity contribution in [2.75, 3.05) is 18.3 Å². The monoisotopic (exact) mass is 335 g/mol. The van der Waals surface area contributed by atoms with Crippen LogP contribution in [0.15, 0.2) is 66.7 Å². The number of ketones is 2. The quantitative estimate of drug-likeness (QED) is 0.519. The zero-order valence-electron chi connectivity index (χ0n) is 13.8. The molecule has 0 heterocycles. The van der Waals surface area contributed by atoms with E-state index < -0.39 is 0 Å². The molecule has 0 radical (unpaired) electrons. The molecule has 0 bridgehead atoms. The van der Waals surface area contributed by atoms with Gasteiger partial charge in [-0.3, -0.25) is 9.59 Å². The SMILES string of the molecule is C[S+](C)CC(=O)c1cccc2c(C(=O)c3ccccc3)cccc12. The fourth-order valence-corrected chi connectivity index (χ4v) is 3.52. The lowest BCUT2D eigenvalue weighted by atomic mass is 9.94. The van der Waals surface area contributed by atoms with Gasteiger partial charge < -0.3 is 0 Å². The molecule has 0 amide bonds. The fourth-order valence-electron chi connectivity index (χ4n) is 2.84. The summed E-state index contributed by atoms with van der Waals surface area (Å²) < 4.78 is 0. The van der Waals surface area contributed by atoms with Crippen molar-refractivity contribution >= 4 is 33.2 Å². The Balaban J connectivity index is 2.12. The molecular weight excluding hydrogens is 316 g/mol. The lowest BCUT2D eigenvalue weighted by molar-refractivity contribution is 0.101. The van der Waals surface area contributed by atoms with Gasteiger partial charge in [-0.25, -0.2) is 0 Å². The topological polar surface area (TPSA) is 34.1 Å². The Morgan fingerprint density at radius 1 is 0.750 bits per heavy atom. The van der Waals surface area contributed by atoms with Crippen molar-refractivity contribution in [2.24, 2.45) is 0 Å². The Bertz CT molecular complexity index is 898. The van der Waals surface area contributed by atoms with Gasteiger partial charge >= 0.3 is 0 Å². The first-order valence-electron chi connectivity index (χ1n) is 7.77. The molecule has 0 aromatic heterocycles. The van der Waals surface area contributed by atoms with E-state index in [1.165, 1.54) is 0 Å². The molecular formula is C21H19O2S+. The van der Waals surface area contributed by atoms with E-state index in [4.69, 9.17) is 0 Å². The first-order valence-corrected chi connectivity index (χ1v) is 9.98. The van der Waals surface area contributed by atoms with Gasteiger partial charge in [-0.2, -0.15) is 0 Å². The third kappa shape index (κ3) is 3.26. The van der Waals surface area contributed by atoms with Crippen LogP contribution in [0.2, 0.25) is 0 Å². The largest absolute Gasteiger partial charge is 0.289 e. The van der Waals surface area contributed by atoms with Gasteiger partial charge in [-0.05, 0) is 21.7 Å². The lowest BCUT2D eigenvalue weighted by Crippen LogP contribution is -2.14. The molecule has 0 saturated heterocycles. The van der Waals surface area contributed by atoms with Crippen molar-refractivity contribution in [3.05, 3.63) is 83.4 Å². The average Bonchev–Trinajstić information content (AvgIpc) is 2.60. The van der Waals surface area contributed by atoms with Crippen LogP contribution in [0.5, 0.6) is 0 Å². The highest BCUT2D eigenvalue weighted by atomic mass is 32.2. The van der Waals surface area contributed by atoms with Gasteiger partial charge in [-0.1, -0.05) is 66.7 Å². The summed E-state index contributed by atoms with van der Waals surface area (Å²) in [4.78, 5) is 25.4. The van der Waals surface area contributed by atoms with E-state index in [0.29, 0.717) is 22.4 Å². The van der Waals surface area contributed by atoms with Crippen molar-refractivity contribution < 1.29 is 9.59 Å². The molecule has 3 heteroatoms. The third-order valence-electron chi connectivity index (χ3n) is 3.92. The van der Waals surface area contributed by atoms with Crippen LogP contribution in [0.25, 0.3) is 10.8 Å². The summed E-state index contributed by atoms with van der Waals surface area (Å²) in [5.74, 6) is 0.658. The molecule has 3 rings (SSSR count). The average molecular weight is 335 g/mol. The molecule has 3 aromatic rings. The van der Waals surface area contributed by atoms with Crippen LogP contribution < -0.4 is 0 Å². The summed E-state index contributed by atoms with van der Waals surface area (Å²) in [6, 6.07) is 20.5. The Morgan fingerprint density at radius 3 is 1.96 bits per heavy atom. The van der Waals surface area contributed by atoms with Crippen molar-refractivity contribution in [3.63, 3.8) is 0 Å². The van der Waals surface area contributed by atoms with E-state index in [1.54, 1.807) is 0 Å². The van der Waals surface area contributed by atoms with Crippen molar-refractivity contribution in [2.45, 2.75) is 0 Å². The minimum atomic E-state index is -0.0171. The number of benzene rings is 3. The molecule has 0 saturated carbocycles. The number of fused-ring (bicyclic) bond motifs is 1. The van der Waals surface area contributed by atoms with Crippen LogP contribution in [0, 0.1) is 0 Å². The Morgan fingerprint density at radius 2 is 1.33 bits per heavy atom. The summed E-state index contributed by atoms with van der Waals surface area (Å²) >= 11 is 0. The van der Waals surface area contributed by atoms with Crippen LogP contribution >= 0.6 is 0 Å². The molecule has 0 unspecified atom stereocenters. The Hall–Kier alpha value is -2.39. The van der Waals surface area contributed by atoms with Gasteiger partial charge in [0.2, 0.25) is 5.78 Å². The third-order valence-corrected chi connectivity index (χ3v) is 4.76. The molecule has 0 aliphatic heterocycles. The summed E-state index contributed by atoms with van der Waals surface area (Å²) in [6.45, 7) is 0. The number of carbonyl (C=O) groups excluding carboxylic acids is 2. The first kappa shape index (κ1) is 16.5. The maximum Gasteiger partial charge on any atom is 0.212 e. The van der Waals surface area contributed by atoms with Crippen LogP contribution in [0.4, 0.5) is 0 Å². The van der Waals surface area contributed by atoms with Gasteiger partial charge in [0.25, 0.3) is 0 Å². The second-order valence-electron chi connectivity index (χ2n) is 5.95. The fraction of sp³-hybridized carbons (Fsp3) is 0.143. The van der Waals surface area contributed by atoms with Gasteiger partial charge in [0.15, 0.2) is 11.5 Å². The predicted octanol–water partition coefficient (Wildman–Crippen LogP) is 4.13. The molecule has 0 aliphatic carbocycles. The number of hydrogen-bond donors (Lipinski definition) is 0. The predicted molar refractivity (Wildman–Crippen MR) is 102 cm³/mol. The van der Waals surface area contributed by atoms with Crippen LogP contribution in [0.3, 0.4) is 0 Å². The molecule has 2 nitrogen and oxygen atoms in total. The van der Waals surface area contributed by atoms with Gasteiger partial charge in [0.05, 0.1) is 12.5 Å². The van der Waals surface area contributed by atoms with Crippen LogP contribution in [-0.2, 0) is 10.9 Å². The molecule has 0 N–H and O–H groups in total. The van der Waals surface area contributed by atoms with Crippen LogP contribution in [-0.4, -0.2) is 29.8 Å². The van der Waals surface area contributed by atoms with Gasteiger partial charge in [-0.15, -0.1) is 0 Å². The Labute approximate surface area is 144 Å². The van der Waals surface area contributed by atoms with Gasteiger partial charge in [0.1, 0.15) is 0 Å². The summed E-state index contributed by atoms with van der Waals surface area (Å²) in [5, 5.41) is 1.69. The Kier molecular flexibility index (Phi) is 4.81. The van der Waals surface area contributed by atoms with Crippen molar-refractivity contribution in [3.8, 4) is 0 Å². The molecule has 120 valence electrons. The van der Waals surface area contributed by atoms with E-state index in [2.05, 4.69) is 12.5 Å². The number of carbonyl (C=O) groups is 2. The first-order chi connectivity index (χ1) is 11.6. The van der Waals surface area contributed by atoms with E-state index in [1.807, 2.05) is 66.7 Å². The number of hydrogen-bond acceptors (Lipinski definition) is 2. The summed E-state index contributed by atoms with van der Waals surface area (Å²) in [6.07, 6.45) is 4.13. The second kappa shape index (κ2) is 7.02. The highest BCUT2D eigenvalue weighted by Crippen LogP contribution is 2.25. The zero-order valence-corrected chi connectivity index (χ0v) is 14.6. The normalized spacial score (nSPS) is 11.0. The van der Waals surface area contributed by atoms with Crippen molar-refractivity contribution in [1.82, 2.24) is 0 Å². The number of rotatable bonds is 5. The van der Waals surface area contributed by atoms with E-state index in [-0.39, 0.29) is 22.5 Å². The van der Waals surface area contributed by atoms with Gasteiger partial charge in [0, 0.05) is 16.7 Å². The van der Waals surface area contributed by atoms with Crippen molar-refractivity contribution in [1.29, 1.82) is 0 Å². The van der Waals surface area contributed by atoms with E-state index in [0.717, 1.165) is 10.8 Å². The summed E-state index contributed by atoms with van der Waals surface area (Å²) in [5.41, 5.74) is 2.00. The molecule has 0 atom stereocenters. The zero-order chi connectivity index (χ0) is 17.1. The second-order valence-corrected chi connectivity index (χ2v) is 8.21. The van der Waals surface area contributed by atoms with E-state index in [9.17, 15) is 9.59 Å². The highest BCUT2D eigenvalue weighted by Gasteiger charge is 2.19. The molecule has 0 fully saturated rings. The smallest absolute Gasteiger partial charge is 0.212 e. The lowest BCUT2D eigenvalue weighted by Gasteiger charge is -2.09. The standard InChI is InChI=1S/C21H19O2S/c1-24(2)14-20(22)18-12-6-11-17-16(18)10-7-13-19(17)21(23)15-8-4-3-5-9-15/h3-13H,14H2,1-2H3/q+1. The number of Topliss-reactive ketones (excluding diaryl/α,β-unsaturated/α-hetero) is 1. The maximum absolute atomic E-state index is 12.8. The molecule has 24 heavy (non-hydrogen) atoms. The minimum Gasteiger partial charge on any atom is -0.289 e. The summed E-state index contributed by atoms with van der Waals surface area (Å²) in [7, 11) is 0.0506. The molecule has 3 aromatic carbocycles. The maximum atomic E-state index is 12.8. The van der Waals surface area contributed by atoms with E-state index >= 15 is 0 Å². The minimum absolute atomic E-state index is 0.0171.